The summed E-state index contributed by atoms with van der Waals surface area (Å²) < 4.78 is 0. The van der Waals surface area contributed by atoms with E-state index in [4.69, 9.17) is 0 Å². The number of amides is 3. The highest BCUT2D eigenvalue weighted by Crippen LogP contribution is 2.19. The Morgan fingerprint density at radius 1 is 1.06 bits per heavy atom. The van der Waals surface area contributed by atoms with E-state index in [9.17, 15) is 19.2 Å². The van der Waals surface area contributed by atoms with Gasteiger partial charge in [-0.25, -0.2) is 4.98 Å². The van der Waals surface area contributed by atoms with Crippen molar-refractivity contribution in [1.29, 1.82) is 0 Å². The number of benzene rings is 2. The molecular weight excluding hydrogens is 464 g/mol. The van der Waals surface area contributed by atoms with E-state index in [0.29, 0.717) is 11.4 Å². The van der Waals surface area contributed by atoms with Crippen molar-refractivity contribution in [3.05, 3.63) is 88.4 Å². The third-order valence-electron chi connectivity index (χ3n) is 5.83. The lowest BCUT2D eigenvalue weighted by molar-refractivity contribution is -0.147. The zero-order valence-electron chi connectivity index (χ0n) is 19.1. The number of thiazole rings is 1. The van der Waals surface area contributed by atoms with E-state index in [2.05, 4.69) is 15.6 Å². The molecule has 3 aromatic rings. The van der Waals surface area contributed by atoms with Crippen molar-refractivity contribution < 1.29 is 19.2 Å². The van der Waals surface area contributed by atoms with Crippen LogP contribution in [0.2, 0.25) is 0 Å². The van der Waals surface area contributed by atoms with Gasteiger partial charge in [-0.3, -0.25) is 19.2 Å². The van der Waals surface area contributed by atoms with Gasteiger partial charge in [-0.2, -0.15) is 0 Å². The highest BCUT2D eigenvalue weighted by Gasteiger charge is 2.38. The fraction of sp³-hybridized carbons (Fsp3) is 0.269. The first-order valence-electron chi connectivity index (χ1n) is 11.4. The molecule has 0 spiro atoms. The third-order valence-corrected chi connectivity index (χ3v) is 6.61. The highest BCUT2D eigenvalue weighted by molar-refractivity contribution is 7.09. The van der Waals surface area contributed by atoms with Crippen molar-refractivity contribution in [2.24, 2.45) is 0 Å². The quantitative estimate of drug-likeness (QED) is 0.424. The third kappa shape index (κ3) is 6.39. The molecule has 4 rings (SSSR count). The Morgan fingerprint density at radius 3 is 2.34 bits per heavy atom. The van der Waals surface area contributed by atoms with Crippen molar-refractivity contribution >= 4 is 34.8 Å². The number of hydrogen-bond donors (Lipinski definition) is 2. The lowest BCUT2D eigenvalue weighted by Gasteiger charge is -2.32. The average Bonchev–Trinajstić information content (AvgIpc) is 3.57. The number of nitrogens with zero attached hydrogens (tertiary/aromatic N) is 2. The summed E-state index contributed by atoms with van der Waals surface area (Å²) in [6.07, 6.45) is 2.40. The Bertz CT molecular complexity index is 1170. The summed E-state index contributed by atoms with van der Waals surface area (Å²) >= 11 is 1.38. The van der Waals surface area contributed by atoms with E-state index >= 15 is 0 Å². The van der Waals surface area contributed by atoms with Crippen LogP contribution in [-0.2, 0) is 38.7 Å². The van der Waals surface area contributed by atoms with Crippen molar-refractivity contribution in [3.63, 3.8) is 0 Å². The SMILES string of the molecule is O=C1CC[C@@H](C(=O)N(Cc2ccccc2)C(Cc2ccccc2)C(=O)C(=O)NCc2nccs2)N1. The maximum atomic E-state index is 13.6. The lowest BCUT2D eigenvalue weighted by atomic mass is 9.98. The van der Waals surface area contributed by atoms with Crippen LogP contribution in [0.15, 0.2) is 72.2 Å². The molecule has 0 saturated carbocycles. The van der Waals surface area contributed by atoms with E-state index in [0.717, 1.165) is 11.1 Å². The number of nitrogens with one attached hydrogen (secondary N) is 2. The molecule has 2 heterocycles. The minimum Gasteiger partial charge on any atom is -0.344 e. The Morgan fingerprint density at radius 2 is 1.74 bits per heavy atom. The minimum atomic E-state index is -1.04. The van der Waals surface area contributed by atoms with Gasteiger partial charge in [0.15, 0.2) is 0 Å². The zero-order chi connectivity index (χ0) is 24.6. The highest BCUT2D eigenvalue weighted by atomic mass is 32.1. The molecule has 9 heteroatoms. The van der Waals surface area contributed by atoms with Gasteiger partial charge in [-0.1, -0.05) is 60.7 Å². The molecule has 2 atom stereocenters. The molecule has 1 saturated heterocycles. The predicted octanol–water partition coefficient (Wildman–Crippen LogP) is 2.25. The first-order valence-corrected chi connectivity index (χ1v) is 12.3. The normalized spacial score (nSPS) is 15.8. The molecule has 2 aromatic carbocycles. The van der Waals surface area contributed by atoms with Gasteiger partial charge in [0.2, 0.25) is 17.6 Å². The van der Waals surface area contributed by atoms with Crippen LogP contribution in [0.4, 0.5) is 0 Å². The summed E-state index contributed by atoms with van der Waals surface area (Å²) in [5.41, 5.74) is 1.64. The van der Waals surface area contributed by atoms with Gasteiger partial charge in [0.1, 0.15) is 17.1 Å². The molecule has 1 aliphatic rings. The number of aromatic nitrogens is 1. The number of rotatable bonds is 10. The second kappa shape index (κ2) is 11.5. The van der Waals surface area contributed by atoms with Crippen LogP contribution in [0.1, 0.15) is 29.0 Å². The topological polar surface area (TPSA) is 108 Å². The molecule has 180 valence electrons. The number of hydrogen-bond acceptors (Lipinski definition) is 6. The van der Waals surface area contributed by atoms with Crippen LogP contribution >= 0.6 is 11.3 Å². The summed E-state index contributed by atoms with van der Waals surface area (Å²) in [4.78, 5) is 57.4. The molecule has 35 heavy (non-hydrogen) atoms. The second-order valence-corrected chi connectivity index (χ2v) is 9.27. The fourth-order valence-corrected chi connectivity index (χ4v) is 4.59. The van der Waals surface area contributed by atoms with Crippen LogP contribution in [0, 0.1) is 0 Å². The van der Waals surface area contributed by atoms with Crippen molar-refractivity contribution in [2.75, 3.05) is 0 Å². The van der Waals surface area contributed by atoms with Gasteiger partial charge in [0.25, 0.3) is 5.91 Å². The molecule has 0 aliphatic carbocycles. The molecule has 1 fully saturated rings. The molecule has 2 N–H and O–H groups in total. The molecule has 8 nitrogen and oxygen atoms in total. The molecule has 1 aromatic heterocycles. The van der Waals surface area contributed by atoms with E-state index < -0.39 is 23.8 Å². The van der Waals surface area contributed by atoms with Gasteiger partial charge in [-0.05, 0) is 17.5 Å². The number of carbonyl (C=O) groups excluding carboxylic acids is 4. The molecular formula is C26H26N4O4S. The Balaban J connectivity index is 1.63. The Hall–Kier alpha value is -3.85. The van der Waals surface area contributed by atoms with Crippen LogP contribution in [0.25, 0.3) is 0 Å². The predicted molar refractivity (Wildman–Crippen MR) is 131 cm³/mol. The average molecular weight is 491 g/mol. The first-order chi connectivity index (χ1) is 17.0. The fourth-order valence-electron chi connectivity index (χ4n) is 4.04. The number of ketones is 1. The maximum absolute atomic E-state index is 13.6. The largest absolute Gasteiger partial charge is 0.344 e. The zero-order valence-corrected chi connectivity index (χ0v) is 19.9. The van der Waals surface area contributed by atoms with Crippen molar-refractivity contribution in [2.45, 2.75) is 44.4 Å². The maximum Gasteiger partial charge on any atom is 0.289 e. The second-order valence-electron chi connectivity index (χ2n) is 8.29. The smallest absolute Gasteiger partial charge is 0.289 e. The summed E-state index contributed by atoms with van der Waals surface area (Å²) in [7, 11) is 0. The number of carbonyl (C=O) groups is 4. The Kier molecular flexibility index (Phi) is 7.99. The standard InChI is InChI=1S/C26H26N4O4S/c31-22-12-11-20(29-22)26(34)30(17-19-9-5-2-6-10-19)21(15-18-7-3-1-4-8-18)24(32)25(33)28-16-23-27-13-14-35-23/h1-10,13-14,20-21H,11-12,15-17H2,(H,28,33)(H,29,31)/t20-,21?/m0/s1. The van der Waals surface area contributed by atoms with Gasteiger partial charge in [-0.15, -0.1) is 11.3 Å². The van der Waals surface area contributed by atoms with Crippen LogP contribution in [0.5, 0.6) is 0 Å². The molecule has 3 amide bonds. The lowest BCUT2D eigenvalue weighted by Crippen LogP contribution is -2.54. The van der Waals surface area contributed by atoms with Crippen molar-refractivity contribution in [1.82, 2.24) is 20.5 Å². The molecule has 1 aliphatic heterocycles. The minimum absolute atomic E-state index is 0.131. The number of Topliss-reactive ketones (excluding diaryl/α,β-unsaturated/α-hetero) is 1. The molecule has 0 radical (unpaired) electrons. The van der Waals surface area contributed by atoms with Gasteiger partial charge < -0.3 is 15.5 Å². The van der Waals surface area contributed by atoms with Crippen molar-refractivity contribution in [3.8, 4) is 0 Å². The van der Waals surface area contributed by atoms with Gasteiger partial charge in [0, 0.05) is 31.0 Å². The monoisotopic (exact) mass is 490 g/mol. The van der Waals surface area contributed by atoms with Gasteiger partial charge in [0.05, 0.1) is 6.54 Å². The van der Waals surface area contributed by atoms with Crippen LogP contribution in [0.3, 0.4) is 0 Å². The molecule has 0 bridgehead atoms. The van der Waals surface area contributed by atoms with E-state index in [1.54, 1.807) is 11.6 Å². The summed E-state index contributed by atoms with van der Waals surface area (Å²) in [5.74, 6) is -2.06. The summed E-state index contributed by atoms with van der Waals surface area (Å²) in [6.45, 7) is 0.265. The van der Waals surface area contributed by atoms with E-state index in [1.165, 1.54) is 16.2 Å². The molecule has 1 unspecified atom stereocenters. The van der Waals surface area contributed by atoms with E-state index in [1.807, 2.05) is 60.7 Å². The van der Waals surface area contributed by atoms with Gasteiger partial charge >= 0.3 is 0 Å². The Labute approximate surface area is 207 Å². The summed E-state index contributed by atoms with van der Waals surface area (Å²) in [5, 5.41) is 7.81. The van der Waals surface area contributed by atoms with Crippen LogP contribution < -0.4 is 10.6 Å². The van der Waals surface area contributed by atoms with E-state index in [-0.39, 0.29) is 37.7 Å². The first kappa shape index (κ1) is 24.3. The summed E-state index contributed by atoms with van der Waals surface area (Å²) in [6, 6.07) is 16.8. The van der Waals surface area contributed by atoms with Crippen LogP contribution in [-0.4, -0.2) is 45.5 Å².